The first kappa shape index (κ1) is 15.1. The normalized spacial score (nSPS) is 20.1. The molecule has 4 nitrogen and oxygen atoms in total. The molecular formula is C16H28N4. The fraction of sp³-hybridized carbons (Fsp3) is 0.688. The molecule has 0 amide bonds. The maximum Gasteiger partial charge on any atom is 0.130 e. The molecular weight excluding hydrogens is 248 g/mol. The molecule has 2 heterocycles. The van der Waals surface area contributed by atoms with E-state index in [4.69, 9.17) is 4.98 Å². The Bertz CT molecular complexity index is 438. The Morgan fingerprint density at radius 2 is 2.15 bits per heavy atom. The SMILES string of the molecule is CN(CC1CCCN1C)c1cccc(NC(C)(C)C)n1. The molecule has 1 atom stereocenters. The van der Waals surface area contributed by atoms with E-state index in [1.54, 1.807) is 0 Å². The van der Waals surface area contributed by atoms with Crippen molar-refractivity contribution in [2.75, 3.05) is 37.4 Å². The first-order valence-corrected chi connectivity index (χ1v) is 7.52. The summed E-state index contributed by atoms with van der Waals surface area (Å²) in [5, 5.41) is 3.43. The van der Waals surface area contributed by atoms with Crippen molar-refractivity contribution < 1.29 is 0 Å². The Kier molecular flexibility index (Phi) is 4.53. The van der Waals surface area contributed by atoms with Crippen molar-refractivity contribution in [3.05, 3.63) is 18.2 Å². The van der Waals surface area contributed by atoms with E-state index in [0.717, 1.165) is 18.2 Å². The summed E-state index contributed by atoms with van der Waals surface area (Å²) in [4.78, 5) is 9.44. The van der Waals surface area contributed by atoms with E-state index in [2.05, 4.69) is 62.1 Å². The number of rotatable bonds is 4. The fourth-order valence-corrected chi connectivity index (χ4v) is 2.71. The second kappa shape index (κ2) is 6.00. The summed E-state index contributed by atoms with van der Waals surface area (Å²) >= 11 is 0. The summed E-state index contributed by atoms with van der Waals surface area (Å²) in [5.41, 5.74) is 0.0376. The molecule has 1 fully saturated rings. The molecule has 1 saturated heterocycles. The van der Waals surface area contributed by atoms with Gasteiger partial charge in [0.05, 0.1) is 0 Å². The van der Waals surface area contributed by atoms with Gasteiger partial charge in [-0.25, -0.2) is 4.98 Å². The molecule has 0 aromatic carbocycles. The van der Waals surface area contributed by atoms with Gasteiger partial charge in [-0.1, -0.05) is 6.07 Å². The minimum atomic E-state index is 0.0376. The molecule has 0 aliphatic carbocycles. The zero-order valence-electron chi connectivity index (χ0n) is 13.5. The Morgan fingerprint density at radius 3 is 2.75 bits per heavy atom. The number of anilines is 2. The standard InChI is InChI=1S/C16H28N4/c1-16(2,3)18-14-9-6-10-15(17-14)20(5)12-13-8-7-11-19(13)4/h6,9-10,13H,7-8,11-12H2,1-5H3,(H,17,18). The van der Waals surface area contributed by atoms with Gasteiger partial charge in [-0.05, 0) is 59.3 Å². The van der Waals surface area contributed by atoms with E-state index in [-0.39, 0.29) is 5.54 Å². The average Bonchev–Trinajstić information content (AvgIpc) is 2.73. The summed E-state index contributed by atoms with van der Waals surface area (Å²) in [7, 11) is 4.35. The lowest BCUT2D eigenvalue weighted by Crippen LogP contribution is -2.37. The fourth-order valence-electron chi connectivity index (χ4n) is 2.71. The molecule has 0 bridgehead atoms. The second-order valence-corrected chi connectivity index (χ2v) is 6.91. The molecule has 0 spiro atoms. The molecule has 4 heteroatoms. The maximum absolute atomic E-state index is 4.72. The van der Waals surface area contributed by atoms with Crippen molar-refractivity contribution in [2.24, 2.45) is 0 Å². The first-order chi connectivity index (χ1) is 9.35. The van der Waals surface area contributed by atoms with Gasteiger partial charge in [0.1, 0.15) is 11.6 Å². The number of likely N-dealkylation sites (N-methyl/N-ethyl adjacent to an activating group) is 2. The lowest BCUT2D eigenvalue weighted by Gasteiger charge is -2.27. The number of pyridine rings is 1. The molecule has 1 aliphatic heterocycles. The van der Waals surface area contributed by atoms with Gasteiger partial charge in [0.15, 0.2) is 0 Å². The van der Waals surface area contributed by atoms with Gasteiger partial charge in [-0.2, -0.15) is 0 Å². The Labute approximate surface area is 123 Å². The van der Waals surface area contributed by atoms with Gasteiger partial charge in [-0.15, -0.1) is 0 Å². The van der Waals surface area contributed by atoms with E-state index < -0.39 is 0 Å². The number of aromatic nitrogens is 1. The average molecular weight is 276 g/mol. The molecule has 20 heavy (non-hydrogen) atoms. The van der Waals surface area contributed by atoms with Gasteiger partial charge in [0.25, 0.3) is 0 Å². The molecule has 2 rings (SSSR count). The predicted octanol–water partition coefficient (Wildman–Crippen LogP) is 2.82. The smallest absolute Gasteiger partial charge is 0.130 e. The summed E-state index contributed by atoms with van der Waals surface area (Å²) in [6, 6.07) is 6.85. The molecule has 1 aliphatic rings. The number of likely N-dealkylation sites (tertiary alicyclic amines) is 1. The van der Waals surface area contributed by atoms with Gasteiger partial charge >= 0.3 is 0 Å². The Morgan fingerprint density at radius 1 is 1.40 bits per heavy atom. The monoisotopic (exact) mass is 276 g/mol. The van der Waals surface area contributed by atoms with Crippen LogP contribution >= 0.6 is 0 Å². The zero-order valence-corrected chi connectivity index (χ0v) is 13.5. The number of hydrogen-bond acceptors (Lipinski definition) is 4. The first-order valence-electron chi connectivity index (χ1n) is 7.52. The molecule has 1 aromatic rings. The minimum absolute atomic E-state index is 0.0376. The van der Waals surface area contributed by atoms with E-state index >= 15 is 0 Å². The van der Waals surface area contributed by atoms with Crippen molar-refractivity contribution in [3.63, 3.8) is 0 Å². The maximum atomic E-state index is 4.72. The molecule has 0 radical (unpaired) electrons. The number of nitrogens with one attached hydrogen (secondary N) is 1. The minimum Gasteiger partial charge on any atom is -0.365 e. The lowest BCUT2D eigenvalue weighted by atomic mass is 10.1. The van der Waals surface area contributed by atoms with E-state index in [9.17, 15) is 0 Å². The van der Waals surface area contributed by atoms with Crippen LogP contribution in [0.4, 0.5) is 11.6 Å². The van der Waals surface area contributed by atoms with Crippen molar-refractivity contribution in [2.45, 2.75) is 45.2 Å². The van der Waals surface area contributed by atoms with Crippen LogP contribution in [0.5, 0.6) is 0 Å². The molecule has 1 aromatic heterocycles. The third kappa shape index (κ3) is 4.10. The van der Waals surface area contributed by atoms with Gasteiger partial charge in [-0.3, -0.25) is 0 Å². The Balaban J connectivity index is 2.02. The quantitative estimate of drug-likeness (QED) is 0.916. The summed E-state index contributed by atoms with van der Waals surface area (Å²) in [5.74, 6) is 1.99. The summed E-state index contributed by atoms with van der Waals surface area (Å²) < 4.78 is 0. The van der Waals surface area contributed by atoms with Crippen LogP contribution in [0, 0.1) is 0 Å². The highest BCUT2D eigenvalue weighted by Crippen LogP contribution is 2.20. The van der Waals surface area contributed by atoms with Crippen LogP contribution in [0.15, 0.2) is 18.2 Å². The van der Waals surface area contributed by atoms with Gasteiger partial charge < -0.3 is 15.1 Å². The van der Waals surface area contributed by atoms with Crippen LogP contribution in [-0.2, 0) is 0 Å². The van der Waals surface area contributed by atoms with Crippen molar-refractivity contribution in [1.82, 2.24) is 9.88 Å². The van der Waals surface area contributed by atoms with Gasteiger partial charge in [0, 0.05) is 25.2 Å². The third-order valence-electron chi connectivity index (χ3n) is 3.78. The second-order valence-electron chi connectivity index (χ2n) is 6.91. The largest absolute Gasteiger partial charge is 0.365 e. The number of nitrogens with zero attached hydrogens (tertiary/aromatic N) is 3. The lowest BCUT2D eigenvalue weighted by molar-refractivity contribution is 0.314. The van der Waals surface area contributed by atoms with Crippen LogP contribution in [0.3, 0.4) is 0 Å². The van der Waals surface area contributed by atoms with Crippen LogP contribution in [0.25, 0.3) is 0 Å². The molecule has 112 valence electrons. The van der Waals surface area contributed by atoms with E-state index in [0.29, 0.717) is 6.04 Å². The highest BCUT2D eigenvalue weighted by Gasteiger charge is 2.22. The Hall–Kier alpha value is -1.29. The van der Waals surface area contributed by atoms with Crippen LogP contribution < -0.4 is 10.2 Å². The van der Waals surface area contributed by atoms with Crippen molar-refractivity contribution in [3.8, 4) is 0 Å². The van der Waals surface area contributed by atoms with Crippen LogP contribution in [0.2, 0.25) is 0 Å². The van der Waals surface area contributed by atoms with Crippen molar-refractivity contribution >= 4 is 11.6 Å². The summed E-state index contributed by atoms with van der Waals surface area (Å²) in [6.45, 7) is 8.72. The van der Waals surface area contributed by atoms with E-state index in [1.807, 2.05) is 6.07 Å². The molecule has 1 unspecified atom stereocenters. The van der Waals surface area contributed by atoms with Crippen LogP contribution in [0.1, 0.15) is 33.6 Å². The zero-order chi connectivity index (χ0) is 14.8. The molecule has 1 N–H and O–H groups in total. The predicted molar refractivity (Wildman–Crippen MR) is 86.5 cm³/mol. The van der Waals surface area contributed by atoms with E-state index in [1.165, 1.54) is 19.4 Å². The topological polar surface area (TPSA) is 31.4 Å². The number of hydrogen-bond donors (Lipinski definition) is 1. The third-order valence-corrected chi connectivity index (χ3v) is 3.78. The highest BCUT2D eigenvalue weighted by atomic mass is 15.2. The van der Waals surface area contributed by atoms with Crippen molar-refractivity contribution in [1.29, 1.82) is 0 Å². The molecule has 0 saturated carbocycles. The highest BCUT2D eigenvalue weighted by molar-refractivity contribution is 5.47. The van der Waals surface area contributed by atoms with Crippen LogP contribution in [-0.4, -0.2) is 48.6 Å². The summed E-state index contributed by atoms with van der Waals surface area (Å²) in [6.07, 6.45) is 2.61. The van der Waals surface area contributed by atoms with Gasteiger partial charge in [0.2, 0.25) is 0 Å².